The second-order valence-electron chi connectivity index (χ2n) is 4.05. The molecule has 1 saturated heterocycles. The van der Waals surface area contributed by atoms with E-state index < -0.39 is 10.0 Å². The van der Waals surface area contributed by atoms with Crippen molar-refractivity contribution in [1.82, 2.24) is 9.62 Å². The van der Waals surface area contributed by atoms with Crippen LogP contribution >= 0.6 is 0 Å². The molecule has 0 aromatic carbocycles. The van der Waals surface area contributed by atoms with Gasteiger partial charge in [-0.3, -0.25) is 0 Å². The average Bonchev–Trinajstić information content (AvgIpc) is 2.57. The Morgan fingerprint density at radius 1 is 1.53 bits per heavy atom. The molecule has 1 aliphatic rings. The molecule has 0 aliphatic carbocycles. The molecule has 0 radical (unpaired) electrons. The summed E-state index contributed by atoms with van der Waals surface area (Å²) in [6, 6.07) is -0.230. The van der Waals surface area contributed by atoms with Crippen LogP contribution in [0.5, 0.6) is 0 Å². The highest BCUT2D eigenvalue weighted by Crippen LogP contribution is 2.26. The van der Waals surface area contributed by atoms with Gasteiger partial charge in [-0.25, -0.2) is 8.42 Å². The molecule has 5 nitrogen and oxygen atoms in total. The van der Waals surface area contributed by atoms with Crippen molar-refractivity contribution in [2.75, 3.05) is 32.5 Å². The van der Waals surface area contributed by atoms with Crippen LogP contribution in [0.4, 0.5) is 0 Å². The first-order valence-electron chi connectivity index (χ1n) is 5.28. The van der Waals surface area contributed by atoms with Crippen LogP contribution in [0.15, 0.2) is 0 Å². The minimum atomic E-state index is -3.21. The largest absolute Gasteiger partial charge is 0.395 e. The third-order valence-corrected chi connectivity index (χ3v) is 4.87. The summed E-state index contributed by atoms with van der Waals surface area (Å²) in [5, 5.41) is 12.0. The van der Waals surface area contributed by atoms with Crippen LogP contribution in [-0.4, -0.2) is 56.4 Å². The predicted molar refractivity (Wildman–Crippen MR) is 59.1 cm³/mol. The molecule has 6 heteroatoms. The van der Waals surface area contributed by atoms with Gasteiger partial charge < -0.3 is 10.4 Å². The predicted octanol–water partition coefficient (Wildman–Crippen LogP) is -0.762. The fourth-order valence-electron chi connectivity index (χ4n) is 1.94. The van der Waals surface area contributed by atoms with Gasteiger partial charge in [0, 0.05) is 13.1 Å². The van der Waals surface area contributed by atoms with E-state index in [1.807, 2.05) is 6.92 Å². The molecule has 15 heavy (non-hydrogen) atoms. The van der Waals surface area contributed by atoms with Crippen LogP contribution in [0, 0.1) is 5.92 Å². The van der Waals surface area contributed by atoms with Gasteiger partial charge in [-0.1, -0.05) is 6.92 Å². The third-order valence-electron chi connectivity index (χ3n) is 2.99. The van der Waals surface area contributed by atoms with E-state index in [0.717, 1.165) is 6.42 Å². The van der Waals surface area contributed by atoms with Crippen molar-refractivity contribution in [2.45, 2.75) is 19.4 Å². The minimum Gasteiger partial charge on any atom is -0.395 e. The summed E-state index contributed by atoms with van der Waals surface area (Å²) in [5.41, 5.74) is 0. The number of hydrogen-bond acceptors (Lipinski definition) is 4. The number of aliphatic hydroxyl groups is 1. The SMILES string of the molecule is CNCCS(=O)(=O)N1CCC(C)C1CO. The van der Waals surface area contributed by atoms with Crippen molar-refractivity contribution >= 4 is 10.0 Å². The summed E-state index contributed by atoms with van der Waals surface area (Å²) in [6.07, 6.45) is 0.837. The molecular formula is C9H20N2O3S. The molecule has 0 aromatic heterocycles. The van der Waals surface area contributed by atoms with Gasteiger partial charge in [-0.05, 0) is 19.4 Å². The summed E-state index contributed by atoms with van der Waals surface area (Å²) in [5.74, 6) is 0.353. The Hall–Kier alpha value is -0.170. The van der Waals surface area contributed by atoms with Crippen molar-refractivity contribution in [3.63, 3.8) is 0 Å². The second kappa shape index (κ2) is 5.25. The first-order chi connectivity index (χ1) is 7.03. The fraction of sp³-hybridized carbons (Fsp3) is 1.00. The Labute approximate surface area is 91.5 Å². The van der Waals surface area contributed by atoms with Gasteiger partial charge in [0.25, 0.3) is 0 Å². The van der Waals surface area contributed by atoms with E-state index in [1.165, 1.54) is 4.31 Å². The van der Waals surface area contributed by atoms with Crippen molar-refractivity contribution in [2.24, 2.45) is 5.92 Å². The highest BCUT2D eigenvalue weighted by atomic mass is 32.2. The molecule has 1 rings (SSSR count). The lowest BCUT2D eigenvalue weighted by atomic mass is 10.0. The Morgan fingerprint density at radius 3 is 2.73 bits per heavy atom. The molecule has 2 atom stereocenters. The monoisotopic (exact) mass is 236 g/mol. The van der Waals surface area contributed by atoms with E-state index in [9.17, 15) is 13.5 Å². The minimum absolute atomic E-state index is 0.0834. The van der Waals surface area contributed by atoms with Crippen LogP contribution in [0.2, 0.25) is 0 Å². The first kappa shape index (κ1) is 12.9. The summed E-state index contributed by atoms with van der Waals surface area (Å²) in [7, 11) is -1.48. The van der Waals surface area contributed by atoms with Gasteiger partial charge in [0.2, 0.25) is 10.0 Å². The van der Waals surface area contributed by atoms with E-state index in [0.29, 0.717) is 13.1 Å². The highest BCUT2D eigenvalue weighted by Gasteiger charge is 2.37. The zero-order chi connectivity index (χ0) is 11.5. The van der Waals surface area contributed by atoms with E-state index in [1.54, 1.807) is 7.05 Å². The van der Waals surface area contributed by atoms with Crippen LogP contribution in [-0.2, 0) is 10.0 Å². The van der Waals surface area contributed by atoms with E-state index in [2.05, 4.69) is 5.32 Å². The third kappa shape index (κ3) is 2.90. The van der Waals surface area contributed by atoms with Crippen LogP contribution in [0.1, 0.15) is 13.3 Å². The van der Waals surface area contributed by atoms with Gasteiger partial charge >= 0.3 is 0 Å². The Bertz CT molecular complexity index is 292. The zero-order valence-corrected chi connectivity index (χ0v) is 10.1. The normalized spacial score (nSPS) is 28.5. The van der Waals surface area contributed by atoms with Gasteiger partial charge in [0.05, 0.1) is 18.4 Å². The Balaban J connectivity index is 2.70. The number of nitrogens with one attached hydrogen (secondary N) is 1. The maximum Gasteiger partial charge on any atom is 0.215 e. The lowest BCUT2D eigenvalue weighted by Crippen LogP contribution is -2.42. The molecule has 0 bridgehead atoms. The summed E-state index contributed by atoms with van der Waals surface area (Å²) in [4.78, 5) is 0. The van der Waals surface area contributed by atoms with Gasteiger partial charge in [-0.2, -0.15) is 4.31 Å². The maximum absolute atomic E-state index is 11.9. The number of nitrogens with zero attached hydrogens (tertiary/aromatic N) is 1. The van der Waals surface area contributed by atoms with Crippen molar-refractivity contribution in [1.29, 1.82) is 0 Å². The van der Waals surface area contributed by atoms with Crippen molar-refractivity contribution in [3.05, 3.63) is 0 Å². The number of sulfonamides is 1. The lowest BCUT2D eigenvalue weighted by Gasteiger charge is -2.24. The van der Waals surface area contributed by atoms with Crippen LogP contribution in [0.3, 0.4) is 0 Å². The molecule has 90 valence electrons. The molecule has 1 heterocycles. The molecule has 2 unspecified atom stereocenters. The quantitative estimate of drug-likeness (QED) is 0.658. The number of aliphatic hydroxyl groups excluding tert-OH is 1. The highest BCUT2D eigenvalue weighted by molar-refractivity contribution is 7.89. The molecule has 0 amide bonds. The molecule has 2 N–H and O–H groups in total. The van der Waals surface area contributed by atoms with Gasteiger partial charge in [0.15, 0.2) is 0 Å². The van der Waals surface area contributed by atoms with Crippen LogP contribution < -0.4 is 5.32 Å². The molecule has 0 aromatic rings. The smallest absolute Gasteiger partial charge is 0.215 e. The number of rotatable bonds is 5. The molecular weight excluding hydrogens is 216 g/mol. The Kier molecular flexibility index (Phi) is 4.51. The summed E-state index contributed by atoms with van der Waals surface area (Å²) in [6.45, 7) is 2.89. The average molecular weight is 236 g/mol. The Morgan fingerprint density at radius 2 is 2.20 bits per heavy atom. The molecule has 1 aliphatic heterocycles. The topological polar surface area (TPSA) is 69.6 Å². The second-order valence-corrected chi connectivity index (χ2v) is 6.09. The van der Waals surface area contributed by atoms with Gasteiger partial charge in [0.1, 0.15) is 0 Å². The zero-order valence-electron chi connectivity index (χ0n) is 9.31. The summed E-state index contributed by atoms with van der Waals surface area (Å²) >= 11 is 0. The summed E-state index contributed by atoms with van der Waals surface area (Å²) < 4.78 is 25.2. The van der Waals surface area contributed by atoms with E-state index in [4.69, 9.17) is 0 Å². The van der Waals surface area contributed by atoms with Crippen molar-refractivity contribution in [3.8, 4) is 0 Å². The molecule has 1 fully saturated rings. The first-order valence-corrected chi connectivity index (χ1v) is 6.89. The van der Waals surface area contributed by atoms with E-state index >= 15 is 0 Å². The van der Waals surface area contributed by atoms with Crippen molar-refractivity contribution < 1.29 is 13.5 Å². The number of hydrogen-bond donors (Lipinski definition) is 2. The molecule has 0 saturated carbocycles. The lowest BCUT2D eigenvalue weighted by molar-refractivity contribution is 0.191. The van der Waals surface area contributed by atoms with Gasteiger partial charge in [-0.15, -0.1) is 0 Å². The van der Waals surface area contributed by atoms with E-state index in [-0.39, 0.29) is 24.3 Å². The fourth-order valence-corrected chi connectivity index (χ4v) is 3.70. The standard InChI is InChI=1S/C9H20N2O3S/c1-8-3-5-11(9(8)7-12)15(13,14)6-4-10-2/h8-10,12H,3-7H2,1-2H3. The van der Waals surface area contributed by atoms with Crippen LogP contribution in [0.25, 0.3) is 0 Å². The maximum atomic E-state index is 11.9. The molecule has 0 spiro atoms.